The Kier molecular flexibility index (Phi) is 5.96. The molecule has 5 rings (SSSR count). The van der Waals surface area contributed by atoms with Gasteiger partial charge in [-0.1, -0.05) is 12.1 Å². The third-order valence-electron chi connectivity index (χ3n) is 6.16. The third-order valence-corrected chi connectivity index (χ3v) is 6.16. The number of nitrogens with zero attached hydrogens (tertiary/aromatic N) is 4. The molecule has 1 fully saturated rings. The topological polar surface area (TPSA) is 52.4 Å². The standard InChI is InChI=1S/C26H27FN4O2/c1-30-24-10-7-20(27)14-22(24)29-26(30)19-13-25(31-11-3-4-12-31)23(28-15-19)17-33-16-18-5-8-21(32-2)9-6-18/h5-10,13-15H,3-4,11-12,16-17H2,1-2H3. The fourth-order valence-corrected chi connectivity index (χ4v) is 4.37. The van der Waals surface area contributed by atoms with Crippen molar-refractivity contribution in [3.05, 3.63) is 71.8 Å². The van der Waals surface area contributed by atoms with Crippen LogP contribution in [0.25, 0.3) is 22.4 Å². The number of hydrogen-bond acceptors (Lipinski definition) is 5. The lowest BCUT2D eigenvalue weighted by Crippen LogP contribution is -2.20. The molecule has 1 aliphatic heterocycles. The van der Waals surface area contributed by atoms with Gasteiger partial charge in [0, 0.05) is 38.0 Å². The van der Waals surface area contributed by atoms with E-state index in [2.05, 4.69) is 16.0 Å². The molecule has 0 radical (unpaired) electrons. The highest BCUT2D eigenvalue weighted by Crippen LogP contribution is 2.31. The molecular weight excluding hydrogens is 419 g/mol. The first kappa shape index (κ1) is 21.4. The van der Waals surface area contributed by atoms with E-state index in [1.807, 2.05) is 42.1 Å². The van der Waals surface area contributed by atoms with Crippen LogP contribution in [0.15, 0.2) is 54.7 Å². The first-order valence-electron chi connectivity index (χ1n) is 11.2. The minimum Gasteiger partial charge on any atom is -0.497 e. The van der Waals surface area contributed by atoms with Crippen molar-refractivity contribution in [2.24, 2.45) is 7.05 Å². The maximum Gasteiger partial charge on any atom is 0.142 e. The van der Waals surface area contributed by atoms with E-state index in [0.29, 0.717) is 18.7 Å². The van der Waals surface area contributed by atoms with Crippen molar-refractivity contribution in [1.82, 2.24) is 14.5 Å². The largest absolute Gasteiger partial charge is 0.497 e. The van der Waals surface area contributed by atoms with Gasteiger partial charge in [0.2, 0.25) is 0 Å². The second-order valence-corrected chi connectivity index (χ2v) is 8.35. The molecule has 0 spiro atoms. The number of pyridine rings is 1. The number of aromatic nitrogens is 3. The molecule has 170 valence electrons. The van der Waals surface area contributed by atoms with Gasteiger partial charge >= 0.3 is 0 Å². The first-order chi connectivity index (χ1) is 16.1. The Bertz CT molecular complexity index is 1260. The van der Waals surface area contributed by atoms with Crippen LogP contribution >= 0.6 is 0 Å². The average Bonchev–Trinajstić information content (AvgIpc) is 3.48. The minimum absolute atomic E-state index is 0.285. The van der Waals surface area contributed by atoms with Crippen molar-refractivity contribution in [3.8, 4) is 17.1 Å². The lowest BCUT2D eigenvalue weighted by molar-refractivity contribution is 0.105. The number of rotatable bonds is 7. The second kappa shape index (κ2) is 9.19. The molecule has 1 aliphatic rings. The summed E-state index contributed by atoms with van der Waals surface area (Å²) in [5.74, 6) is 1.32. The fraction of sp³-hybridized carbons (Fsp3) is 0.308. The summed E-state index contributed by atoms with van der Waals surface area (Å²) in [6.07, 6.45) is 4.17. The molecule has 0 aliphatic carbocycles. The van der Waals surface area contributed by atoms with E-state index >= 15 is 0 Å². The molecule has 0 saturated carbocycles. The molecule has 0 bridgehead atoms. The highest BCUT2D eigenvalue weighted by atomic mass is 19.1. The van der Waals surface area contributed by atoms with Gasteiger partial charge < -0.3 is 18.9 Å². The Hall–Kier alpha value is -3.45. The molecule has 2 aromatic carbocycles. The normalized spacial score (nSPS) is 13.7. The SMILES string of the molecule is COc1ccc(COCc2ncc(-c3nc4cc(F)ccc4n3C)cc2N2CCCC2)cc1. The van der Waals surface area contributed by atoms with Crippen LogP contribution in [0.3, 0.4) is 0 Å². The van der Waals surface area contributed by atoms with E-state index in [4.69, 9.17) is 14.5 Å². The number of fused-ring (bicyclic) bond motifs is 1. The number of aryl methyl sites for hydroxylation is 1. The summed E-state index contributed by atoms with van der Waals surface area (Å²) < 4.78 is 26.9. The van der Waals surface area contributed by atoms with E-state index < -0.39 is 0 Å². The molecule has 4 aromatic rings. The summed E-state index contributed by atoms with van der Waals surface area (Å²) >= 11 is 0. The molecule has 0 unspecified atom stereocenters. The lowest BCUT2D eigenvalue weighted by atomic mass is 10.2. The lowest BCUT2D eigenvalue weighted by Gasteiger charge is -2.21. The zero-order chi connectivity index (χ0) is 22.8. The highest BCUT2D eigenvalue weighted by molar-refractivity contribution is 5.81. The van der Waals surface area contributed by atoms with Crippen LogP contribution in [0.2, 0.25) is 0 Å². The van der Waals surface area contributed by atoms with E-state index in [1.54, 1.807) is 13.2 Å². The number of methoxy groups -OCH3 is 1. The van der Waals surface area contributed by atoms with E-state index in [9.17, 15) is 4.39 Å². The Morgan fingerprint density at radius 1 is 1.00 bits per heavy atom. The van der Waals surface area contributed by atoms with Crippen molar-refractivity contribution in [2.45, 2.75) is 26.1 Å². The number of halogens is 1. The van der Waals surface area contributed by atoms with Gasteiger partial charge in [-0.3, -0.25) is 4.98 Å². The summed E-state index contributed by atoms with van der Waals surface area (Å²) in [7, 11) is 3.61. The third kappa shape index (κ3) is 4.41. The number of hydrogen-bond donors (Lipinski definition) is 0. The molecular formula is C26H27FN4O2. The number of benzene rings is 2. The zero-order valence-corrected chi connectivity index (χ0v) is 18.9. The predicted molar refractivity (Wildman–Crippen MR) is 127 cm³/mol. The van der Waals surface area contributed by atoms with E-state index in [1.165, 1.54) is 25.0 Å². The van der Waals surface area contributed by atoms with Gasteiger partial charge in [0.05, 0.1) is 42.7 Å². The first-order valence-corrected chi connectivity index (χ1v) is 11.2. The Morgan fingerprint density at radius 3 is 2.55 bits per heavy atom. The molecule has 0 atom stereocenters. The van der Waals surface area contributed by atoms with E-state index in [0.717, 1.165) is 52.7 Å². The van der Waals surface area contributed by atoms with Crippen molar-refractivity contribution >= 4 is 16.7 Å². The van der Waals surface area contributed by atoms with Gasteiger partial charge in [-0.05, 0) is 48.7 Å². The predicted octanol–water partition coefficient (Wildman–Crippen LogP) is 5.10. The quantitative estimate of drug-likeness (QED) is 0.395. The molecule has 0 amide bonds. The summed E-state index contributed by atoms with van der Waals surface area (Å²) in [4.78, 5) is 11.8. The van der Waals surface area contributed by atoms with Crippen molar-refractivity contribution < 1.29 is 13.9 Å². The van der Waals surface area contributed by atoms with Crippen molar-refractivity contribution in [2.75, 3.05) is 25.1 Å². The maximum absolute atomic E-state index is 13.7. The van der Waals surface area contributed by atoms with Gasteiger partial charge in [0.15, 0.2) is 0 Å². The highest BCUT2D eigenvalue weighted by Gasteiger charge is 2.20. The second-order valence-electron chi connectivity index (χ2n) is 8.35. The molecule has 6 nitrogen and oxygen atoms in total. The summed E-state index contributed by atoms with van der Waals surface area (Å²) in [6.45, 7) is 2.93. The van der Waals surface area contributed by atoms with Crippen LogP contribution in [0, 0.1) is 5.82 Å². The molecule has 7 heteroatoms. The summed E-state index contributed by atoms with van der Waals surface area (Å²) in [5, 5.41) is 0. The molecule has 1 saturated heterocycles. The average molecular weight is 447 g/mol. The van der Waals surface area contributed by atoms with Crippen LogP contribution in [0.4, 0.5) is 10.1 Å². The molecule has 3 heterocycles. The number of ether oxygens (including phenoxy) is 2. The molecule has 33 heavy (non-hydrogen) atoms. The maximum atomic E-state index is 13.7. The number of anilines is 1. The molecule has 0 N–H and O–H groups in total. The monoisotopic (exact) mass is 446 g/mol. The fourth-order valence-electron chi connectivity index (χ4n) is 4.37. The van der Waals surface area contributed by atoms with Gasteiger partial charge in [0.1, 0.15) is 17.4 Å². The Balaban J connectivity index is 1.41. The Labute approximate surface area is 192 Å². The van der Waals surface area contributed by atoms with Crippen LogP contribution in [-0.4, -0.2) is 34.7 Å². The van der Waals surface area contributed by atoms with E-state index in [-0.39, 0.29) is 5.82 Å². The van der Waals surface area contributed by atoms with Gasteiger partial charge in [-0.15, -0.1) is 0 Å². The van der Waals surface area contributed by atoms with Crippen LogP contribution in [-0.2, 0) is 25.0 Å². The summed E-state index contributed by atoms with van der Waals surface area (Å²) in [5.41, 5.74) is 5.53. The van der Waals surface area contributed by atoms with Crippen LogP contribution < -0.4 is 9.64 Å². The minimum atomic E-state index is -0.285. The van der Waals surface area contributed by atoms with Crippen LogP contribution in [0.5, 0.6) is 5.75 Å². The van der Waals surface area contributed by atoms with Gasteiger partial charge in [0.25, 0.3) is 0 Å². The summed E-state index contributed by atoms with van der Waals surface area (Å²) in [6, 6.07) is 14.7. The Morgan fingerprint density at radius 2 is 1.79 bits per heavy atom. The smallest absolute Gasteiger partial charge is 0.142 e. The molecule has 2 aromatic heterocycles. The van der Waals surface area contributed by atoms with Gasteiger partial charge in [-0.25, -0.2) is 9.37 Å². The van der Waals surface area contributed by atoms with Crippen molar-refractivity contribution in [3.63, 3.8) is 0 Å². The zero-order valence-electron chi connectivity index (χ0n) is 18.9. The van der Waals surface area contributed by atoms with Crippen molar-refractivity contribution in [1.29, 1.82) is 0 Å². The van der Waals surface area contributed by atoms with Gasteiger partial charge in [-0.2, -0.15) is 0 Å². The number of imidazole rings is 1. The van der Waals surface area contributed by atoms with Crippen LogP contribution in [0.1, 0.15) is 24.1 Å².